The number of anilines is 4. The van der Waals surface area contributed by atoms with Crippen LogP contribution in [-0.4, -0.2) is 137 Å². The SMILES string of the molecule is CN(C)C/C=C/C=O.COc1cc(N2CCN(C)CC2)ccc1Nc1ncc(N=C(C=O)C(C)C)c(N(C)[C@H]2CCN(C)C2)n1. The van der Waals surface area contributed by atoms with Crippen LogP contribution < -0.4 is 19.9 Å². The van der Waals surface area contributed by atoms with Crippen LogP contribution in [0.3, 0.4) is 0 Å². The van der Waals surface area contributed by atoms with Crippen LogP contribution in [-0.2, 0) is 9.59 Å². The van der Waals surface area contributed by atoms with E-state index in [4.69, 9.17) is 9.72 Å². The van der Waals surface area contributed by atoms with E-state index in [1.165, 1.54) is 6.08 Å². The number of aromatic nitrogens is 2. The van der Waals surface area contributed by atoms with E-state index in [1.807, 2.05) is 52.0 Å². The molecular formula is C33H51N9O3. The molecule has 4 rings (SSSR count). The van der Waals surface area contributed by atoms with E-state index < -0.39 is 0 Å². The number of aldehydes is 2. The van der Waals surface area contributed by atoms with Crippen LogP contribution in [0.15, 0.2) is 41.5 Å². The molecule has 12 heteroatoms. The zero-order valence-electron chi connectivity index (χ0n) is 28.2. The molecule has 1 N–H and O–H groups in total. The van der Waals surface area contributed by atoms with Crippen LogP contribution in [0.1, 0.15) is 20.3 Å². The van der Waals surface area contributed by atoms with Gasteiger partial charge in [0.05, 0.1) is 24.7 Å². The number of likely N-dealkylation sites (tertiary alicyclic amines) is 1. The summed E-state index contributed by atoms with van der Waals surface area (Å²) in [6.45, 7) is 10.8. The molecular weight excluding hydrogens is 570 g/mol. The molecule has 3 heterocycles. The first-order valence-corrected chi connectivity index (χ1v) is 15.5. The summed E-state index contributed by atoms with van der Waals surface area (Å²) in [6, 6.07) is 6.49. The van der Waals surface area contributed by atoms with Crippen molar-refractivity contribution in [1.82, 2.24) is 24.7 Å². The first-order valence-electron chi connectivity index (χ1n) is 15.5. The topological polar surface area (TPSA) is 110 Å². The smallest absolute Gasteiger partial charge is 0.229 e. The number of nitrogens with one attached hydrogen (secondary N) is 1. The number of nitrogens with zero attached hydrogens (tertiary/aromatic N) is 8. The van der Waals surface area contributed by atoms with E-state index >= 15 is 0 Å². The first-order chi connectivity index (χ1) is 21.6. The van der Waals surface area contributed by atoms with Gasteiger partial charge in [-0.05, 0) is 65.3 Å². The molecule has 0 radical (unpaired) electrons. The highest BCUT2D eigenvalue weighted by Gasteiger charge is 2.27. The minimum absolute atomic E-state index is 0.00847. The number of rotatable bonds is 12. The molecule has 0 bridgehead atoms. The summed E-state index contributed by atoms with van der Waals surface area (Å²) in [5, 5.41) is 3.34. The number of aliphatic imine (C=N–C) groups is 1. The van der Waals surface area contributed by atoms with Crippen molar-refractivity contribution < 1.29 is 14.3 Å². The lowest BCUT2D eigenvalue weighted by atomic mass is 10.1. The number of hydrogen-bond donors (Lipinski definition) is 1. The number of ether oxygens (including phenoxy) is 1. The fourth-order valence-electron chi connectivity index (χ4n) is 5.09. The Bertz CT molecular complexity index is 1310. The third-order valence-electron chi connectivity index (χ3n) is 7.95. The van der Waals surface area contributed by atoms with E-state index in [0.717, 1.165) is 81.9 Å². The highest BCUT2D eigenvalue weighted by atomic mass is 16.5. The van der Waals surface area contributed by atoms with Gasteiger partial charge in [-0.3, -0.25) is 9.59 Å². The molecule has 12 nitrogen and oxygen atoms in total. The Balaban J connectivity index is 0.000000610. The van der Waals surface area contributed by atoms with E-state index in [-0.39, 0.29) is 5.92 Å². The second-order valence-electron chi connectivity index (χ2n) is 12.2. The lowest BCUT2D eigenvalue weighted by Gasteiger charge is -2.34. The van der Waals surface area contributed by atoms with Crippen molar-refractivity contribution in [2.75, 3.05) is 103 Å². The molecule has 246 valence electrons. The van der Waals surface area contributed by atoms with Crippen LogP contribution in [0.2, 0.25) is 0 Å². The first kappa shape index (κ1) is 35.6. The van der Waals surface area contributed by atoms with Gasteiger partial charge in [-0.25, -0.2) is 9.98 Å². The van der Waals surface area contributed by atoms with Gasteiger partial charge in [0.2, 0.25) is 5.95 Å². The maximum absolute atomic E-state index is 11.6. The van der Waals surface area contributed by atoms with Crippen LogP contribution in [0.4, 0.5) is 28.8 Å². The van der Waals surface area contributed by atoms with E-state index in [1.54, 1.807) is 13.3 Å². The Labute approximate surface area is 268 Å². The third-order valence-corrected chi connectivity index (χ3v) is 7.95. The van der Waals surface area contributed by atoms with Crippen molar-refractivity contribution in [3.8, 4) is 5.75 Å². The van der Waals surface area contributed by atoms with Gasteiger partial charge in [0.1, 0.15) is 17.7 Å². The fraction of sp³-hybridized carbons (Fsp3) is 0.545. The highest BCUT2D eigenvalue weighted by Crippen LogP contribution is 2.34. The van der Waals surface area contributed by atoms with Crippen molar-refractivity contribution in [1.29, 1.82) is 0 Å². The fourth-order valence-corrected chi connectivity index (χ4v) is 5.09. The largest absolute Gasteiger partial charge is 0.494 e. The monoisotopic (exact) mass is 621 g/mol. The van der Waals surface area contributed by atoms with Gasteiger partial charge in [0, 0.05) is 64.1 Å². The van der Waals surface area contributed by atoms with Crippen LogP contribution in [0.5, 0.6) is 5.75 Å². The number of likely N-dealkylation sites (N-methyl/N-ethyl adjacent to an activating group) is 4. The highest BCUT2D eigenvalue weighted by molar-refractivity contribution is 6.29. The molecule has 2 aliphatic heterocycles. The molecule has 2 fully saturated rings. The summed E-state index contributed by atoms with van der Waals surface area (Å²) in [5.74, 6) is 1.90. The number of hydrogen-bond acceptors (Lipinski definition) is 12. The van der Waals surface area contributed by atoms with Gasteiger partial charge in [0.15, 0.2) is 12.1 Å². The molecule has 45 heavy (non-hydrogen) atoms. The average Bonchev–Trinajstić information content (AvgIpc) is 3.46. The Morgan fingerprint density at radius 2 is 1.84 bits per heavy atom. The second-order valence-corrected chi connectivity index (χ2v) is 12.2. The molecule has 1 aromatic heterocycles. The Morgan fingerprint density at radius 1 is 1.11 bits per heavy atom. The Morgan fingerprint density at radius 3 is 2.42 bits per heavy atom. The molecule has 2 saturated heterocycles. The summed E-state index contributed by atoms with van der Waals surface area (Å²) >= 11 is 0. The number of carbonyl (C=O) groups is 2. The molecule has 1 aromatic carbocycles. The number of piperazine rings is 1. The summed E-state index contributed by atoms with van der Waals surface area (Å²) in [7, 11) is 11.9. The molecule has 2 aliphatic rings. The Hall–Kier alpha value is -3.87. The molecule has 0 aliphatic carbocycles. The predicted octanol–water partition coefficient (Wildman–Crippen LogP) is 3.35. The lowest BCUT2D eigenvalue weighted by Crippen LogP contribution is -2.44. The van der Waals surface area contributed by atoms with Crippen LogP contribution in [0.25, 0.3) is 0 Å². The van der Waals surface area contributed by atoms with E-state index in [0.29, 0.717) is 29.2 Å². The average molecular weight is 622 g/mol. The van der Waals surface area contributed by atoms with Crippen molar-refractivity contribution in [2.24, 2.45) is 10.9 Å². The van der Waals surface area contributed by atoms with E-state index in [9.17, 15) is 9.59 Å². The van der Waals surface area contributed by atoms with Gasteiger partial charge in [0.25, 0.3) is 0 Å². The normalized spacial score (nSPS) is 17.9. The lowest BCUT2D eigenvalue weighted by molar-refractivity contribution is -0.104. The van der Waals surface area contributed by atoms with Crippen molar-refractivity contribution in [3.63, 3.8) is 0 Å². The zero-order chi connectivity index (χ0) is 32.9. The summed E-state index contributed by atoms with van der Waals surface area (Å²) in [6.07, 6.45) is 7.64. The maximum atomic E-state index is 11.6. The number of methoxy groups -OCH3 is 1. The molecule has 1 atom stereocenters. The van der Waals surface area contributed by atoms with Gasteiger partial charge in [-0.15, -0.1) is 0 Å². The minimum atomic E-state index is 0.00847. The van der Waals surface area contributed by atoms with E-state index in [2.05, 4.69) is 61.1 Å². The van der Waals surface area contributed by atoms with Crippen molar-refractivity contribution in [3.05, 3.63) is 36.5 Å². The van der Waals surface area contributed by atoms with Crippen LogP contribution >= 0.6 is 0 Å². The van der Waals surface area contributed by atoms with Gasteiger partial charge in [-0.1, -0.05) is 19.9 Å². The van der Waals surface area contributed by atoms with Crippen LogP contribution in [0, 0.1) is 5.92 Å². The number of allylic oxidation sites excluding steroid dienone is 1. The quantitative estimate of drug-likeness (QED) is 0.214. The summed E-state index contributed by atoms with van der Waals surface area (Å²) < 4.78 is 5.73. The van der Waals surface area contributed by atoms with Crippen molar-refractivity contribution >= 4 is 47.1 Å². The van der Waals surface area contributed by atoms with Crippen molar-refractivity contribution in [2.45, 2.75) is 26.3 Å². The number of benzene rings is 1. The summed E-state index contributed by atoms with van der Waals surface area (Å²) in [5.41, 5.74) is 3.00. The standard InChI is InChI=1S/C27H40N8O2.C6H11NO/c1-19(2)24(18-36)29-23-16-28-27(31-26(23)34(5)21-9-10-33(4)17-21)30-22-8-7-20(15-25(22)37-6)35-13-11-32(3)12-14-35;1-7(2)5-3-4-6-8/h7-8,15-16,18-19,21H,9-14,17H2,1-6H3,(H,28,30,31);3-4,6H,5H2,1-2H3/b;4-3+/t21-;/m0./s1. The second kappa shape index (κ2) is 17.6. The maximum Gasteiger partial charge on any atom is 0.229 e. The molecule has 2 aromatic rings. The molecule has 0 spiro atoms. The third kappa shape index (κ3) is 10.6. The molecule has 0 saturated carbocycles. The molecule has 0 unspecified atom stereocenters. The van der Waals surface area contributed by atoms with Gasteiger partial charge in [-0.2, -0.15) is 4.98 Å². The molecule has 0 amide bonds. The predicted molar refractivity (Wildman–Crippen MR) is 184 cm³/mol. The van der Waals surface area contributed by atoms with Gasteiger partial charge < -0.3 is 34.6 Å². The van der Waals surface area contributed by atoms with Gasteiger partial charge >= 0.3 is 0 Å². The zero-order valence-corrected chi connectivity index (χ0v) is 28.2. The minimum Gasteiger partial charge on any atom is -0.494 e. The summed E-state index contributed by atoms with van der Waals surface area (Å²) in [4.78, 5) is 46.6. The Kier molecular flexibility index (Phi) is 13.9. The number of carbonyl (C=O) groups excluding carboxylic acids is 2.